The summed E-state index contributed by atoms with van der Waals surface area (Å²) in [7, 11) is 0.170. The van der Waals surface area contributed by atoms with E-state index in [4.69, 9.17) is 16.6 Å². The highest BCUT2D eigenvalue weighted by atomic mass is 35.5. The Hall–Kier alpha value is -2.98. The summed E-state index contributed by atoms with van der Waals surface area (Å²) in [4.78, 5) is 22.1. The van der Waals surface area contributed by atoms with Crippen LogP contribution < -0.4 is 9.62 Å². The van der Waals surface area contributed by atoms with Crippen molar-refractivity contribution in [2.45, 2.75) is 11.8 Å². The molecule has 1 aromatic heterocycles. The van der Waals surface area contributed by atoms with Gasteiger partial charge in [-0.3, -0.25) is 14.4 Å². The molecule has 0 saturated heterocycles. The number of halogens is 1. The van der Waals surface area contributed by atoms with E-state index < -0.39 is 10.0 Å². The second kappa shape index (κ2) is 10.3. The van der Waals surface area contributed by atoms with Crippen molar-refractivity contribution in [1.82, 2.24) is 9.88 Å². The van der Waals surface area contributed by atoms with E-state index in [0.29, 0.717) is 34.5 Å². The second-order valence-corrected chi connectivity index (χ2v) is 11.4. The van der Waals surface area contributed by atoms with E-state index >= 15 is 0 Å². The Morgan fingerprint density at radius 2 is 1.71 bits per heavy atom. The predicted molar refractivity (Wildman–Crippen MR) is 143 cm³/mol. The van der Waals surface area contributed by atoms with Crippen LogP contribution in [0.4, 0.5) is 10.8 Å². The molecule has 0 atom stereocenters. The maximum Gasteiger partial charge on any atom is 0.261 e. The third-order valence-corrected chi connectivity index (χ3v) is 7.96. The third-order valence-electron chi connectivity index (χ3n) is 5.32. The first-order valence-electron chi connectivity index (χ1n) is 10.9. The lowest BCUT2D eigenvalue weighted by Gasteiger charge is -2.22. The Kier molecular flexibility index (Phi) is 7.42. The number of aromatic nitrogens is 1. The molecule has 0 radical (unpaired) electrons. The maximum absolute atomic E-state index is 13.5. The molecule has 7 nitrogen and oxygen atoms in total. The van der Waals surface area contributed by atoms with E-state index in [1.54, 1.807) is 47.4 Å². The van der Waals surface area contributed by atoms with Crippen LogP contribution in [0.15, 0.2) is 71.6 Å². The highest BCUT2D eigenvalue weighted by molar-refractivity contribution is 7.92. The van der Waals surface area contributed by atoms with Crippen LogP contribution >= 0.6 is 22.9 Å². The van der Waals surface area contributed by atoms with Crippen LogP contribution in [-0.4, -0.2) is 51.4 Å². The third kappa shape index (κ3) is 5.82. The number of sulfonamides is 1. The molecule has 0 aliphatic rings. The van der Waals surface area contributed by atoms with Crippen molar-refractivity contribution in [3.8, 4) is 0 Å². The van der Waals surface area contributed by atoms with Crippen molar-refractivity contribution >= 4 is 59.9 Å². The molecule has 1 heterocycles. The summed E-state index contributed by atoms with van der Waals surface area (Å²) in [6.45, 7) is 3.04. The molecule has 4 aromatic rings. The largest absolute Gasteiger partial charge is 0.308 e. The minimum absolute atomic E-state index is 0.168. The molecule has 0 aliphatic carbocycles. The van der Waals surface area contributed by atoms with Gasteiger partial charge in [0.25, 0.3) is 15.9 Å². The van der Waals surface area contributed by atoms with Crippen molar-refractivity contribution in [1.29, 1.82) is 0 Å². The first-order chi connectivity index (χ1) is 16.6. The Morgan fingerprint density at radius 1 is 1.03 bits per heavy atom. The van der Waals surface area contributed by atoms with E-state index in [-0.39, 0.29) is 10.8 Å². The normalized spacial score (nSPS) is 11.7. The molecular weight excluding hydrogens is 504 g/mol. The number of benzene rings is 3. The molecule has 0 fully saturated rings. The summed E-state index contributed by atoms with van der Waals surface area (Å²) in [5.41, 5.74) is 2.57. The van der Waals surface area contributed by atoms with Gasteiger partial charge < -0.3 is 4.90 Å². The highest BCUT2D eigenvalue weighted by Crippen LogP contribution is 2.33. The number of hydrogen-bond donors (Lipinski definition) is 1. The molecule has 3 aromatic carbocycles. The maximum atomic E-state index is 13.5. The van der Waals surface area contributed by atoms with E-state index in [2.05, 4.69) is 4.72 Å². The van der Waals surface area contributed by atoms with Crippen LogP contribution in [0.2, 0.25) is 5.02 Å². The fourth-order valence-electron chi connectivity index (χ4n) is 3.49. The Balaban J connectivity index is 1.60. The molecule has 4 rings (SSSR count). The van der Waals surface area contributed by atoms with Gasteiger partial charge in [-0.1, -0.05) is 41.1 Å². The van der Waals surface area contributed by atoms with Gasteiger partial charge in [-0.15, -0.1) is 0 Å². The average Bonchev–Trinajstić information content (AvgIpc) is 3.24. The number of rotatable bonds is 8. The number of carbonyl (C=O) groups is 1. The fourth-order valence-corrected chi connectivity index (χ4v) is 6.02. The summed E-state index contributed by atoms with van der Waals surface area (Å²) in [5.74, 6) is -0.216. The molecule has 1 amide bonds. The second-order valence-electron chi connectivity index (χ2n) is 8.32. The minimum atomic E-state index is -3.72. The summed E-state index contributed by atoms with van der Waals surface area (Å²) in [6, 6.07) is 18.2. The lowest BCUT2D eigenvalue weighted by molar-refractivity contribution is 0.0985. The van der Waals surface area contributed by atoms with Crippen molar-refractivity contribution in [2.24, 2.45) is 0 Å². The molecule has 0 bridgehead atoms. The summed E-state index contributed by atoms with van der Waals surface area (Å²) >= 11 is 7.63. The van der Waals surface area contributed by atoms with Crippen LogP contribution in [0.3, 0.4) is 0 Å². The summed E-state index contributed by atoms with van der Waals surface area (Å²) in [6.07, 6.45) is 0. The monoisotopic (exact) mass is 528 g/mol. The van der Waals surface area contributed by atoms with Gasteiger partial charge in [0.15, 0.2) is 5.13 Å². The standard InChI is InChI=1S/C25H25ClN4O3S2/c1-17-15-19(26)16-22-23(17)27-25(34-22)30(14-13-29(2)3)24(31)18-9-11-20(12-10-18)28-35(32,33)21-7-5-4-6-8-21/h4-12,15-16,28H,13-14H2,1-3H3. The zero-order chi connectivity index (χ0) is 25.2. The van der Waals surface area contributed by atoms with Crippen LogP contribution in [0, 0.1) is 6.92 Å². The van der Waals surface area contributed by atoms with Crippen molar-refractivity contribution in [3.05, 3.63) is 82.9 Å². The average molecular weight is 529 g/mol. The summed E-state index contributed by atoms with van der Waals surface area (Å²) in [5, 5.41) is 1.22. The number of nitrogens with one attached hydrogen (secondary N) is 1. The lowest BCUT2D eigenvalue weighted by atomic mass is 10.2. The van der Waals surface area contributed by atoms with E-state index in [1.807, 2.05) is 38.1 Å². The molecule has 1 N–H and O–H groups in total. The molecule has 0 spiro atoms. The highest BCUT2D eigenvalue weighted by Gasteiger charge is 2.22. The van der Waals surface area contributed by atoms with Gasteiger partial charge in [-0.05, 0) is 75.1 Å². The van der Waals surface area contributed by atoms with Crippen LogP contribution in [0.1, 0.15) is 15.9 Å². The topological polar surface area (TPSA) is 82.6 Å². The van der Waals surface area contributed by atoms with Gasteiger partial charge in [-0.2, -0.15) is 0 Å². The fraction of sp³-hybridized carbons (Fsp3) is 0.200. The molecule has 35 heavy (non-hydrogen) atoms. The first kappa shape index (κ1) is 25.1. The number of thiazole rings is 1. The first-order valence-corrected chi connectivity index (χ1v) is 13.5. The Labute approximate surface area is 214 Å². The van der Waals surface area contributed by atoms with Gasteiger partial charge in [0.2, 0.25) is 0 Å². The quantitative estimate of drug-likeness (QED) is 0.337. The molecule has 182 valence electrons. The van der Waals surface area contributed by atoms with Gasteiger partial charge in [0.05, 0.1) is 15.1 Å². The molecule has 0 saturated carbocycles. The number of likely N-dealkylation sites (N-methyl/N-ethyl adjacent to an activating group) is 1. The number of aryl methyl sites for hydroxylation is 1. The number of anilines is 2. The minimum Gasteiger partial charge on any atom is -0.308 e. The van der Waals surface area contributed by atoms with Crippen molar-refractivity contribution < 1.29 is 13.2 Å². The Morgan fingerprint density at radius 3 is 2.37 bits per heavy atom. The van der Waals surface area contributed by atoms with Gasteiger partial charge in [0.1, 0.15) is 0 Å². The van der Waals surface area contributed by atoms with E-state index in [9.17, 15) is 13.2 Å². The Bertz CT molecular complexity index is 1450. The predicted octanol–water partition coefficient (Wildman–Crippen LogP) is 5.27. The van der Waals surface area contributed by atoms with Crippen molar-refractivity contribution in [3.63, 3.8) is 0 Å². The lowest BCUT2D eigenvalue weighted by Crippen LogP contribution is -2.36. The van der Waals surface area contributed by atoms with E-state index in [0.717, 1.165) is 15.8 Å². The number of carbonyl (C=O) groups excluding carboxylic acids is 1. The van der Waals surface area contributed by atoms with Crippen LogP contribution in [-0.2, 0) is 10.0 Å². The van der Waals surface area contributed by atoms with E-state index in [1.165, 1.54) is 23.5 Å². The molecule has 0 unspecified atom stereocenters. The van der Waals surface area contributed by atoms with Gasteiger partial charge >= 0.3 is 0 Å². The van der Waals surface area contributed by atoms with Gasteiger partial charge in [0, 0.05) is 29.4 Å². The zero-order valence-corrected chi connectivity index (χ0v) is 21.9. The molecule has 0 aliphatic heterocycles. The van der Waals surface area contributed by atoms with Crippen LogP contribution in [0.25, 0.3) is 10.2 Å². The van der Waals surface area contributed by atoms with Crippen LogP contribution in [0.5, 0.6) is 0 Å². The zero-order valence-electron chi connectivity index (χ0n) is 19.5. The summed E-state index contributed by atoms with van der Waals surface area (Å²) < 4.78 is 28.6. The number of fused-ring (bicyclic) bond motifs is 1. The molecule has 10 heteroatoms. The molecular formula is C25H25ClN4O3S2. The van der Waals surface area contributed by atoms with Gasteiger partial charge in [-0.25, -0.2) is 13.4 Å². The number of nitrogens with zero attached hydrogens (tertiary/aromatic N) is 3. The number of amides is 1. The van der Waals surface area contributed by atoms with Crippen molar-refractivity contribution in [2.75, 3.05) is 36.8 Å². The SMILES string of the molecule is Cc1cc(Cl)cc2sc(N(CCN(C)C)C(=O)c3ccc(NS(=O)(=O)c4ccccc4)cc3)nc12. The number of hydrogen-bond acceptors (Lipinski definition) is 6. The smallest absolute Gasteiger partial charge is 0.261 e.